The second kappa shape index (κ2) is 8.08. The van der Waals surface area contributed by atoms with Gasteiger partial charge < -0.3 is 9.47 Å². The molecule has 1 unspecified atom stereocenters. The first-order valence-electron chi connectivity index (χ1n) is 8.99. The lowest BCUT2D eigenvalue weighted by Crippen LogP contribution is -2.23. The lowest BCUT2D eigenvalue weighted by Gasteiger charge is -2.13. The molecular weight excluding hydrogens is 359 g/mol. The SMILES string of the molecule is O=C1OC(c2ccc(F)cc2)CN1Cc1ccc(COc2ccncc2)cc1. The zero-order valence-corrected chi connectivity index (χ0v) is 15.1. The van der Waals surface area contributed by atoms with E-state index in [9.17, 15) is 9.18 Å². The molecule has 4 rings (SSSR count). The average Bonchev–Trinajstić information content (AvgIpc) is 3.09. The standard InChI is InChI=1S/C22H19FN2O3/c23-19-7-5-18(6-8-19)21-14-25(22(26)28-21)13-16-1-3-17(4-2-16)15-27-20-9-11-24-12-10-20/h1-12,21H,13-15H2. The number of hydrogen-bond acceptors (Lipinski definition) is 4. The van der Waals surface area contributed by atoms with Crippen molar-refractivity contribution >= 4 is 6.09 Å². The Bertz CT molecular complexity index is 930. The van der Waals surface area contributed by atoms with Gasteiger partial charge in [0.15, 0.2) is 0 Å². The predicted octanol–water partition coefficient (Wildman–Crippen LogP) is 4.49. The topological polar surface area (TPSA) is 51.7 Å². The molecule has 1 saturated heterocycles. The van der Waals surface area contributed by atoms with E-state index in [-0.39, 0.29) is 18.0 Å². The minimum atomic E-state index is -0.374. The first-order chi connectivity index (χ1) is 13.7. The molecule has 28 heavy (non-hydrogen) atoms. The Morgan fingerprint density at radius 1 is 1.00 bits per heavy atom. The van der Waals surface area contributed by atoms with E-state index < -0.39 is 0 Å². The molecule has 1 aromatic heterocycles. The van der Waals surface area contributed by atoms with Gasteiger partial charge in [0.25, 0.3) is 0 Å². The van der Waals surface area contributed by atoms with Crippen LogP contribution in [0.3, 0.4) is 0 Å². The number of rotatable bonds is 6. The monoisotopic (exact) mass is 378 g/mol. The van der Waals surface area contributed by atoms with Crippen LogP contribution in [0, 0.1) is 5.82 Å². The summed E-state index contributed by atoms with van der Waals surface area (Å²) in [7, 11) is 0. The van der Waals surface area contributed by atoms with Gasteiger partial charge in [-0.15, -0.1) is 0 Å². The average molecular weight is 378 g/mol. The van der Waals surface area contributed by atoms with Crippen LogP contribution in [0.25, 0.3) is 0 Å². The van der Waals surface area contributed by atoms with Crippen LogP contribution in [-0.2, 0) is 17.9 Å². The summed E-state index contributed by atoms with van der Waals surface area (Å²) in [6, 6.07) is 17.6. The predicted molar refractivity (Wildman–Crippen MR) is 101 cm³/mol. The Morgan fingerprint density at radius 3 is 2.39 bits per heavy atom. The van der Waals surface area contributed by atoms with Gasteiger partial charge in [0.05, 0.1) is 6.54 Å². The van der Waals surface area contributed by atoms with E-state index in [2.05, 4.69) is 4.98 Å². The Hall–Kier alpha value is -3.41. The van der Waals surface area contributed by atoms with Crippen molar-refractivity contribution in [3.63, 3.8) is 0 Å². The molecule has 3 aromatic rings. The quantitative estimate of drug-likeness (QED) is 0.634. The van der Waals surface area contributed by atoms with Crippen molar-refractivity contribution in [2.24, 2.45) is 0 Å². The molecule has 1 aliphatic heterocycles. The summed E-state index contributed by atoms with van der Waals surface area (Å²) >= 11 is 0. The van der Waals surface area contributed by atoms with Crippen molar-refractivity contribution in [2.45, 2.75) is 19.3 Å². The molecule has 0 aliphatic carbocycles. The second-order valence-electron chi connectivity index (χ2n) is 6.59. The number of ether oxygens (including phenoxy) is 2. The van der Waals surface area contributed by atoms with E-state index in [0.29, 0.717) is 19.7 Å². The molecule has 5 nitrogen and oxygen atoms in total. The number of hydrogen-bond donors (Lipinski definition) is 0. The minimum absolute atomic E-state index is 0.307. The zero-order valence-electron chi connectivity index (χ0n) is 15.1. The van der Waals surface area contributed by atoms with Gasteiger partial charge in [-0.2, -0.15) is 0 Å². The molecule has 0 N–H and O–H groups in total. The van der Waals surface area contributed by atoms with Crippen LogP contribution in [0.4, 0.5) is 9.18 Å². The lowest BCUT2D eigenvalue weighted by molar-refractivity contribution is 0.132. The van der Waals surface area contributed by atoms with Gasteiger partial charge in [0.2, 0.25) is 0 Å². The molecule has 0 spiro atoms. The van der Waals surface area contributed by atoms with Crippen molar-refractivity contribution in [3.05, 3.63) is 95.6 Å². The van der Waals surface area contributed by atoms with Crippen molar-refractivity contribution in [1.29, 1.82) is 0 Å². The van der Waals surface area contributed by atoms with E-state index in [4.69, 9.17) is 9.47 Å². The highest BCUT2D eigenvalue weighted by Gasteiger charge is 2.32. The third-order valence-electron chi connectivity index (χ3n) is 4.58. The molecule has 1 amide bonds. The van der Waals surface area contributed by atoms with Crippen LogP contribution in [0.15, 0.2) is 73.1 Å². The lowest BCUT2D eigenvalue weighted by atomic mass is 10.1. The largest absolute Gasteiger partial charge is 0.489 e. The summed E-state index contributed by atoms with van der Waals surface area (Å²) in [5.74, 6) is 0.462. The minimum Gasteiger partial charge on any atom is -0.489 e. The third kappa shape index (κ3) is 4.28. The number of nitrogens with zero attached hydrogens (tertiary/aromatic N) is 2. The fourth-order valence-corrected chi connectivity index (χ4v) is 3.05. The molecule has 1 atom stereocenters. The smallest absolute Gasteiger partial charge is 0.410 e. The fraction of sp³-hybridized carbons (Fsp3) is 0.182. The number of cyclic esters (lactones) is 1. The molecule has 142 valence electrons. The molecule has 1 fully saturated rings. The van der Waals surface area contributed by atoms with Gasteiger partial charge in [-0.05, 0) is 41.0 Å². The Morgan fingerprint density at radius 2 is 1.68 bits per heavy atom. The summed E-state index contributed by atoms with van der Waals surface area (Å²) in [4.78, 5) is 17.8. The van der Waals surface area contributed by atoms with Gasteiger partial charge >= 0.3 is 6.09 Å². The maximum Gasteiger partial charge on any atom is 0.410 e. The summed E-state index contributed by atoms with van der Waals surface area (Å²) in [5, 5.41) is 0. The number of halogens is 1. The number of carbonyl (C=O) groups excluding carboxylic acids is 1. The molecule has 0 saturated carbocycles. The molecule has 6 heteroatoms. The van der Waals surface area contributed by atoms with E-state index in [1.807, 2.05) is 36.4 Å². The first kappa shape index (κ1) is 18.0. The van der Waals surface area contributed by atoms with E-state index in [1.54, 1.807) is 29.4 Å². The zero-order chi connectivity index (χ0) is 19.3. The van der Waals surface area contributed by atoms with Crippen molar-refractivity contribution in [2.75, 3.05) is 6.54 Å². The molecule has 2 aromatic carbocycles. The fourth-order valence-electron chi connectivity index (χ4n) is 3.05. The van der Waals surface area contributed by atoms with Crippen LogP contribution < -0.4 is 4.74 Å². The Balaban J connectivity index is 1.34. The summed E-state index contributed by atoms with van der Waals surface area (Å²) in [6.07, 6.45) is 2.64. The van der Waals surface area contributed by atoms with Crippen LogP contribution >= 0.6 is 0 Å². The van der Waals surface area contributed by atoms with Gasteiger partial charge in [-0.1, -0.05) is 36.4 Å². The second-order valence-corrected chi connectivity index (χ2v) is 6.59. The molecule has 0 radical (unpaired) electrons. The van der Waals surface area contributed by atoms with Crippen molar-refractivity contribution in [3.8, 4) is 5.75 Å². The van der Waals surface area contributed by atoms with Crippen molar-refractivity contribution in [1.82, 2.24) is 9.88 Å². The van der Waals surface area contributed by atoms with E-state index in [1.165, 1.54) is 12.1 Å². The van der Waals surface area contributed by atoms with Gasteiger partial charge in [-0.25, -0.2) is 9.18 Å². The molecular formula is C22H19FN2O3. The number of pyridine rings is 1. The molecule has 0 bridgehead atoms. The highest BCUT2D eigenvalue weighted by Crippen LogP contribution is 2.27. The summed E-state index contributed by atoms with van der Waals surface area (Å²) in [5.41, 5.74) is 2.83. The first-order valence-corrected chi connectivity index (χ1v) is 8.99. The van der Waals surface area contributed by atoms with Gasteiger partial charge in [0.1, 0.15) is 24.3 Å². The summed E-state index contributed by atoms with van der Waals surface area (Å²) < 4.78 is 24.2. The Labute approximate surface area is 162 Å². The normalized spacial score (nSPS) is 16.1. The maximum atomic E-state index is 13.1. The highest BCUT2D eigenvalue weighted by atomic mass is 19.1. The summed E-state index contributed by atoms with van der Waals surface area (Å²) in [6.45, 7) is 1.36. The number of benzene rings is 2. The number of carbonyl (C=O) groups is 1. The van der Waals surface area contributed by atoms with E-state index in [0.717, 1.165) is 22.4 Å². The van der Waals surface area contributed by atoms with E-state index >= 15 is 0 Å². The number of amides is 1. The highest BCUT2D eigenvalue weighted by molar-refractivity contribution is 5.70. The van der Waals surface area contributed by atoms with Gasteiger partial charge in [-0.3, -0.25) is 9.88 Å². The van der Waals surface area contributed by atoms with Crippen molar-refractivity contribution < 1.29 is 18.7 Å². The molecule has 2 heterocycles. The maximum absolute atomic E-state index is 13.1. The van der Waals surface area contributed by atoms with Crippen LogP contribution in [-0.4, -0.2) is 22.5 Å². The van der Waals surface area contributed by atoms with Crippen LogP contribution in [0.5, 0.6) is 5.75 Å². The third-order valence-corrected chi connectivity index (χ3v) is 4.58. The van der Waals surface area contributed by atoms with Crippen LogP contribution in [0.2, 0.25) is 0 Å². The van der Waals surface area contributed by atoms with Crippen LogP contribution in [0.1, 0.15) is 22.8 Å². The molecule has 1 aliphatic rings. The number of aromatic nitrogens is 1. The Kier molecular flexibility index (Phi) is 5.19. The van der Waals surface area contributed by atoms with Gasteiger partial charge in [0, 0.05) is 18.9 Å².